The average Bonchev–Trinajstić information content (AvgIpc) is 2.87. The van der Waals surface area contributed by atoms with E-state index < -0.39 is 0 Å². The highest BCUT2D eigenvalue weighted by Crippen LogP contribution is 2.27. The Balaban J connectivity index is 1.88. The van der Waals surface area contributed by atoms with Crippen LogP contribution in [0.2, 0.25) is 10.0 Å². The quantitative estimate of drug-likeness (QED) is 0.747. The summed E-state index contributed by atoms with van der Waals surface area (Å²) >= 11 is 12.3. The highest BCUT2D eigenvalue weighted by molar-refractivity contribution is 6.36. The van der Waals surface area contributed by atoms with Crippen LogP contribution in [-0.2, 0) is 6.54 Å². The molecule has 96 valence electrons. The lowest BCUT2D eigenvalue weighted by atomic mass is 10.2. The molecule has 2 aromatic carbocycles. The molecule has 0 unspecified atom stereocenters. The predicted octanol–water partition coefficient (Wildman–Crippen LogP) is 4.48. The van der Waals surface area contributed by atoms with E-state index in [0.29, 0.717) is 16.6 Å². The molecule has 0 radical (unpaired) electrons. The topological polar surface area (TPSA) is 40.7 Å². The summed E-state index contributed by atoms with van der Waals surface area (Å²) in [6, 6.07) is 11.5. The number of hydrogen-bond donors (Lipinski definition) is 2. The summed E-state index contributed by atoms with van der Waals surface area (Å²) in [5.74, 6) is 0. The second-order valence-corrected chi connectivity index (χ2v) is 5.00. The van der Waals surface area contributed by atoms with Crippen LogP contribution in [0.15, 0.2) is 42.6 Å². The third kappa shape index (κ3) is 2.39. The van der Waals surface area contributed by atoms with E-state index in [2.05, 4.69) is 15.5 Å². The highest BCUT2D eigenvalue weighted by atomic mass is 35.5. The summed E-state index contributed by atoms with van der Waals surface area (Å²) in [6.45, 7) is 0.572. The second-order valence-electron chi connectivity index (χ2n) is 4.19. The van der Waals surface area contributed by atoms with Gasteiger partial charge in [-0.3, -0.25) is 5.10 Å². The zero-order chi connectivity index (χ0) is 13.2. The minimum atomic E-state index is 0.572. The molecule has 0 bridgehead atoms. The molecule has 0 aliphatic rings. The van der Waals surface area contributed by atoms with Crippen LogP contribution in [0.3, 0.4) is 0 Å². The molecule has 0 aliphatic heterocycles. The number of benzene rings is 2. The average molecular weight is 292 g/mol. The number of anilines is 1. The molecule has 5 heteroatoms. The van der Waals surface area contributed by atoms with Gasteiger partial charge in [0, 0.05) is 33.2 Å². The smallest absolute Gasteiger partial charge is 0.0671 e. The van der Waals surface area contributed by atoms with Gasteiger partial charge < -0.3 is 5.32 Å². The molecule has 19 heavy (non-hydrogen) atoms. The van der Waals surface area contributed by atoms with Crippen LogP contribution in [-0.4, -0.2) is 10.2 Å². The monoisotopic (exact) mass is 291 g/mol. The maximum absolute atomic E-state index is 6.15. The predicted molar refractivity (Wildman–Crippen MR) is 79.9 cm³/mol. The maximum Gasteiger partial charge on any atom is 0.0671 e. The Morgan fingerprint density at radius 2 is 1.79 bits per heavy atom. The summed E-state index contributed by atoms with van der Waals surface area (Å²) in [5, 5.41) is 12.7. The van der Waals surface area contributed by atoms with Crippen molar-refractivity contribution in [2.75, 3.05) is 5.32 Å². The fraction of sp³-hybridized carbons (Fsp3) is 0.0714. The molecule has 0 fully saturated rings. The van der Waals surface area contributed by atoms with E-state index in [1.54, 1.807) is 6.20 Å². The number of nitrogens with zero attached hydrogens (tertiary/aromatic N) is 1. The molecule has 1 heterocycles. The molecular weight excluding hydrogens is 281 g/mol. The van der Waals surface area contributed by atoms with Crippen LogP contribution >= 0.6 is 23.2 Å². The van der Waals surface area contributed by atoms with E-state index in [9.17, 15) is 0 Å². The number of aromatic nitrogens is 2. The number of nitrogens with one attached hydrogen (secondary N) is 2. The number of aromatic amines is 1. The number of fused-ring (bicyclic) bond motifs is 1. The number of halogens is 2. The Morgan fingerprint density at radius 3 is 2.58 bits per heavy atom. The molecule has 3 rings (SSSR count). The summed E-state index contributed by atoms with van der Waals surface area (Å²) in [5.41, 5.74) is 2.89. The van der Waals surface area contributed by atoms with Crippen LogP contribution < -0.4 is 5.32 Å². The van der Waals surface area contributed by atoms with Crippen molar-refractivity contribution in [3.8, 4) is 0 Å². The Morgan fingerprint density at radius 1 is 1.05 bits per heavy atom. The van der Waals surface area contributed by atoms with E-state index in [4.69, 9.17) is 23.2 Å². The summed E-state index contributed by atoms with van der Waals surface area (Å²) in [4.78, 5) is 0. The van der Waals surface area contributed by atoms with Gasteiger partial charge in [0.1, 0.15) is 0 Å². The molecule has 2 N–H and O–H groups in total. The fourth-order valence-corrected chi connectivity index (χ4v) is 2.54. The molecule has 1 aromatic heterocycles. The van der Waals surface area contributed by atoms with Gasteiger partial charge in [0.2, 0.25) is 0 Å². The van der Waals surface area contributed by atoms with Crippen LogP contribution in [0.4, 0.5) is 5.69 Å². The molecular formula is C14H11Cl2N3. The summed E-state index contributed by atoms with van der Waals surface area (Å²) < 4.78 is 0. The van der Waals surface area contributed by atoms with Gasteiger partial charge in [-0.1, -0.05) is 35.3 Å². The van der Waals surface area contributed by atoms with Crippen molar-refractivity contribution in [3.05, 3.63) is 58.2 Å². The molecule has 3 aromatic rings. The number of H-pyrrole nitrogens is 1. The third-order valence-corrected chi connectivity index (χ3v) is 3.71. The van der Waals surface area contributed by atoms with Crippen molar-refractivity contribution in [3.63, 3.8) is 0 Å². The molecule has 0 atom stereocenters. The van der Waals surface area contributed by atoms with Gasteiger partial charge in [0.25, 0.3) is 0 Å². The zero-order valence-electron chi connectivity index (χ0n) is 9.95. The molecule has 0 saturated heterocycles. The third-order valence-electron chi connectivity index (χ3n) is 3.00. The van der Waals surface area contributed by atoms with Crippen molar-refractivity contribution in [2.24, 2.45) is 0 Å². The zero-order valence-corrected chi connectivity index (χ0v) is 11.5. The van der Waals surface area contributed by atoms with Crippen molar-refractivity contribution in [1.29, 1.82) is 0 Å². The van der Waals surface area contributed by atoms with Gasteiger partial charge in [-0.15, -0.1) is 0 Å². The minimum Gasteiger partial charge on any atom is -0.380 e. The fourth-order valence-electron chi connectivity index (χ4n) is 2.01. The van der Waals surface area contributed by atoms with E-state index >= 15 is 0 Å². The normalized spacial score (nSPS) is 10.8. The van der Waals surface area contributed by atoms with Crippen LogP contribution in [0.1, 0.15) is 5.56 Å². The van der Waals surface area contributed by atoms with Crippen molar-refractivity contribution in [2.45, 2.75) is 6.54 Å². The molecule has 0 amide bonds. The van der Waals surface area contributed by atoms with E-state index in [-0.39, 0.29) is 0 Å². The van der Waals surface area contributed by atoms with E-state index in [1.165, 1.54) is 0 Å². The Labute approximate surface area is 120 Å². The summed E-state index contributed by atoms with van der Waals surface area (Å²) in [6.07, 6.45) is 1.80. The Hall–Kier alpha value is -1.71. The first-order valence-corrected chi connectivity index (χ1v) is 6.60. The largest absolute Gasteiger partial charge is 0.380 e. The summed E-state index contributed by atoms with van der Waals surface area (Å²) in [7, 11) is 0. The molecule has 0 saturated carbocycles. The maximum atomic E-state index is 6.15. The first kappa shape index (κ1) is 12.3. The first-order chi connectivity index (χ1) is 9.25. The SMILES string of the molecule is Clc1cccc(Cl)c1CNc1cccc2[nH]ncc12. The van der Waals surface area contributed by atoms with E-state index in [0.717, 1.165) is 22.2 Å². The lowest BCUT2D eigenvalue weighted by Gasteiger charge is -2.10. The Kier molecular flexibility index (Phi) is 3.32. The van der Waals surface area contributed by atoms with Crippen molar-refractivity contribution < 1.29 is 0 Å². The van der Waals surface area contributed by atoms with Gasteiger partial charge in [-0.2, -0.15) is 5.10 Å². The molecule has 3 nitrogen and oxygen atoms in total. The van der Waals surface area contributed by atoms with Crippen LogP contribution in [0.5, 0.6) is 0 Å². The van der Waals surface area contributed by atoms with Gasteiger partial charge in [-0.05, 0) is 24.3 Å². The molecule has 0 spiro atoms. The number of hydrogen-bond acceptors (Lipinski definition) is 2. The van der Waals surface area contributed by atoms with Gasteiger partial charge in [0.05, 0.1) is 11.7 Å². The first-order valence-electron chi connectivity index (χ1n) is 5.84. The highest BCUT2D eigenvalue weighted by Gasteiger charge is 2.07. The van der Waals surface area contributed by atoms with Crippen LogP contribution in [0.25, 0.3) is 10.9 Å². The lowest BCUT2D eigenvalue weighted by molar-refractivity contribution is 1.12. The lowest BCUT2D eigenvalue weighted by Crippen LogP contribution is -2.01. The second kappa shape index (κ2) is 5.11. The minimum absolute atomic E-state index is 0.572. The Bertz CT molecular complexity index is 701. The van der Waals surface area contributed by atoms with Crippen LogP contribution in [0, 0.1) is 0 Å². The standard InChI is InChI=1S/C14H11Cl2N3/c15-11-3-1-4-12(16)9(11)7-17-13-5-2-6-14-10(13)8-18-19-14/h1-6,8,17H,7H2,(H,18,19). The van der Waals surface area contributed by atoms with E-state index in [1.807, 2.05) is 36.4 Å². The van der Waals surface area contributed by atoms with Crippen molar-refractivity contribution in [1.82, 2.24) is 10.2 Å². The molecule has 0 aliphatic carbocycles. The number of rotatable bonds is 3. The van der Waals surface area contributed by atoms with Gasteiger partial charge >= 0.3 is 0 Å². The van der Waals surface area contributed by atoms with Gasteiger partial charge in [0.15, 0.2) is 0 Å². The van der Waals surface area contributed by atoms with Crippen molar-refractivity contribution >= 4 is 39.8 Å². The van der Waals surface area contributed by atoms with Gasteiger partial charge in [-0.25, -0.2) is 0 Å².